The van der Waals surface area contributed by atoms with Crippen molar-refractivity contribution in [2.24, 2.45) is 5.92 Å². The number of aromatic nitrogens is 1. The van der Waals surface area contributed by atoms with Crippen LogP contribution in [0.15, 0.2) is 18.5 Å². The van der Waals surface area contributed by atoms with Gasteiger partial charge in [-0.2, -0.15) is 0 Å². The van der Waals surface area contributed by atoms with Crippen LogP contribution in [-0.4, -0.2) is 37.8 Å². The maximum atomic E-state index is 5.29. The van der Waals surface area contributed by atoms with Gasteiger partial charge in [0.1, 0.15) is 0 Å². The summed E-state index contributed by atoms with van der Waals surface area (Å²) in [5.74, 6) is 0.840. The Morgan fingerprint density at radius 1 is 1.50 bits per heavy atom. The minimum absolute atomic E-state index is 0.577. The van der Waals surface area contributed by atoms with Crippen LogP contribution in [0.2, 0.25) is 0 Å². The van der Waals surface area contributed by atoms with Gasteiger partial charge in [0, 0.05) is 49.9 Å². The molecule has 0 saturated heterocycles. The van der Waals surface area contributed by atoms with E-state index in [1.54, 1.807) is 7.11 Å². The lowest BCUT2D eigenvalue weighted by Crippen LogP contribution is -2.38. The number of nitrogens with zero attached hydrogens (tertiary/aromatic N) is 2. The molecule has 1 aliphatic rings. The smallest absolute Gasteiger partial charge is 0.0637 e. The highest BCUT2D eigenvalue weighted by atomic mass is 16.5. The summed E-state index contributed by atoms with van der Waals surface area (Å²) in [6.45, 7) is 8.03. The van der Waals surface area contributed by atoms with Crippen molar-refractivity contribution >= 4 is 5.69 Å². The first-order chi connectivity index (χ1) is 9.77. The van der Waals surface area contributed by atoms with Gasteiger partial charge in [0.2, 0.25) is 0 Å². The van der Waals surface area contributed by atoms with Gasteiger partial charge in [-0.25, -0.2) is 0 Å². The van der Waals surface area contributed by atoms with Crippen LogP contribution in [0.4, 0.5) is 5.69 Å². The number of rotatable bonds is 9. The highest BCUT2D eigenvalue weighted by Crippen LogP contribution is 2.37. The lowest BCUT2D eigenvalue weighted by molar-refractivity contribution is 0.202. The molecule has 0 spiro atoms. The number of anilines is 1. The Bertz CT molecular complexity index is 406. The second-order valence-electron chi connectivity index (χ2n) is 5.55. The first-order valence-electron chi connectivity index (χ1n) is 7.67. The fraction of sp³-hybridized carbons (Fsp3) is 0.688. The van der Waals surface area contributed by atoms with E-state index in [4.69, 9.17) is 4.74 Å². The van der Waals surface area contributed by atoms with Gasteiger partial charge >= 0.3 is 0 Å². The van der Waals surface area contributed by atoms with Crippen LogP contribution in [0.5, 0.6) is 0 Å². The van der Waals surface area contributed by atoms with Gasteiger partial charge in [-0.3, -0.25) is 4.98 Å². The third kappa shape index (κ3) is 3.93. The maximum Gasteiger partial charge on any atom is 0.0637 e. The predicted molar refractivity (Wildman–Crippen MR) is 83.0 cm³/mol. The number of methoxy groups -OCH3 is 1. The van der Waals surface area contributed by atoms with Crippen molar-refractivity contribution in [2.45, 2.75) is 39.3 Å². The Morgan fingerprint density at radius 3 is 2.95 bits per heavy atom. The molecule has 2 rings (SSSR count). The van der Waals surface area contributed by atoms with Gasteiger partial charge in [0.05, 0.1) is 6.61 Å². The first kappa shape index (κ1) is 15.3. The monoisotopic (exact) mass is 277 g/mol. The molecule has 1 fully saturated rings. The number of hydrogen-bond donors (Lipinski definition) is 1. The number of nitrogens with one attached hydrogen (secondary N) is 1. The Hall–Kier alpha value is -1.13. The molecule has 0 radical (unpaired) electrons. The third-order valence-electron chi connectivity index (χ3n) is 4.08. The largest absolute Gasteiger partial charge is 0.383 e. The molecule has 0 aliphatic heterocycles. The molecule has 0 amide bonds. The highest BCUT2D eigenvalue weighted by molar-refractivity contribution is 5.53. The molecule has 20 heavy (non-hydrogen) atoms. The van der Waals surface area contributed by atoms with Gasteiger partial charge < -0.3 is 15.0 Å². The molecule has 1 aromatic heterocycles. The van der Waals surface area contributed by atoms with E-state index in [0.29, 0.717) is 6.04 Å². The molecule has 1 aliphatic carbocycles. The first-order valence-corrected chi connectivity index (χ1v) is 7.67. The fourth-order valence-electron chi connectivity index (χ4n) is 2.66. The van der Waals surface area contributed by atoms with Crippen molar-refractivity contribution in [2.75, 3.05) is 31.7 Å². The van der Waals surface area contributed by atoms with Crippen LogP contribution < -0.4 is 10.2 Å². The molecular formula is C16H27N3O. The van der Waals surface area contributed by atoms with Crippen LogP contribution >= 0.6 is 0 Å². The van der Waals surface area contributed by atoms with E-state index in [-0.39, 0.29) is 0 Å². The summed E-state index contributed by atoms with van der Waals surface area (Å²) in [4.78, 5) is 6.78. The zero-order valence-electron chi connectivity index (χ0n) is 12.9. The molecule has 0 bridgehead atoms. The summed E-state index contributed by atoms with van der Waals surface area (Å²) in [5, 5.41) is 3.40. The summed E-state index contributed by atoms with van der Waals surface area (Å²) < 4.78 is 5.29. The lowest BCUT2D eigenvalue weighted by atomic mass is 10.1. The molecule has 4 heteroatoms. The zero-order valence-corrected chi connectivity index (χ0v) is 12.9. The van der Waals surface area contributed by atoms with Crippen molar-refractivity contribution in [3.05, 3.63) is 24.0 Å². The van der Waals surface area contributed by atoms with E-state index in [9.17, 15) is 0 Å². The zero-order chi connectivity index (χ0) is 14.4. The molecular weight excluding hydrogens is 250 g/mol. The molecule has 112 valence electrons. The standard InChI is InChI=1S/C16H27N3O/c1-4-17-11-15-12-18-8-7-16(15)19(9-10-20-3)13(2)14-5-6-14/h7-8,12-14,17H,4-6,9-11H2,1-3H3. The van der Waals surface area contributed by atoms with Crippen molar-refractivity contribution in [3.63, 3.8) is 0 Å². The Morgan fingerprint density at radius 2 is 2.30 bits per heavy atom. The van der Waals surface area contributed by atoms with Gasteiger partial charge in [-0.05, 0) is 38.3 Å². The minimum Gasteiger partial charge on any atom is -0.383 e. The molecule has 1 aromatic rings. The fourth-order valence-corrected chi connectivity index (χ4v) is 2.66. The Balaban J connectivity index is 2.17. The quantitative estimate of drug-likeness (QED) is 0.752. The Kier molecular flexibility index (Phi) is 5.80. The number of pyridine rings is 1. The SMILES string of the molecule is CCNCc1cnccc1N(CCOC)C(C)C1CC1. The van der Waals surface area contributed by atoms with Crippen LogP contribution in [0.1, 0.15) is 32.3 Å². The molecule has 1 N–H and O–H groups in total. The average molecular weight is 277 g/mol. The summed E-state index contributed by atoms with van der Waals surface area (Å²) in [7, 11) is 1.77. The van der Waals surface area contributed by atoms with E-state index >= 15 is 0 Å². The summed E-state index contributed by atoms with van der Waals surface area (Å²) in [5.41, 5.74) is 2.58. The van der Waals surface area contributed by atoms with Crippen LogP contribution in [0, 0.1) is 5.92 Å². The van der Waals surface area contributed by atoms with Crippen molar-refractivity contribution < 1.29 is 4.74 Å². The van der Waals surface area contributed by atoms with Crippen LogP contribution in [-0.2, 0) is 11.3 Å². The summed E-state index contributed by atoms with van der Waals surface area (Å²) in [6.07, 6.45) is 6.60. The highest BCUT2D eigenvalue weighted by Gasteiger charge is 2.32. The van der Waals surface area contributed by atoms with Gasteiger partial charge in [0.15, 0.2) is 0 Å². The second-order valence-corrected chi connectivity index (χ2v) is 5.55. The molecule has 1 saturated carbocycles. The van der Waals surface area contributed by atoms with Gasteiger partial charge in [0.25, 0.3) is 0 Å². The predicted octanol–water partition coefficient (Wildman–Crippen LogP) is 2.44. The van der Waals surface area contributed by atoms with Crippen molar-refractivity contribution in [3.8, 4) is 0 Å². The van der Waals surface area contributed by atoms with E-state index < -0.39 is 0 Å². The summed E-state index contributed by atoms with van der Waals surface area (Å²) >= 11 is 0. The van der Waals surface area contributed by atoms with E-state index in [2.05, 4.69) is 35.1 Å². The molecule has 1 unspecified atom stereocenters. The topological polar surface area (TPSA) is 37.4 Å². The minimum atomic E-state index is 0.577. The van der Waals surface area contributed by atoms with Crippen LogP contribution in [0.3, 0.4) is 0 Å². The summed E-state index contributed by atoms with van der Waals surface area (Å²) in [6, 6.07) is 2.72. The second kappa shape index (κ2) is 7.60. The van der Waals surface area contributed by atoms with Gasteiger partial charge in [-0.1, -0.05) is 6.92 Å². The van der Waals surface area contributed by atoms with E-state index in [0.717, 1.165) is 32.2 Å². The molecule has 1 heterocycles. The third-order valence-corrected chi connectivity index (χ3v) is 4.08. The number of hydrogen-bond acceptors (Lipinski definition) is 4. The maximum absolute atomic E-state index is 5.29. The lowest BCUT2D eigenvalue weighted by Gasteiger charge is -2.33. The molecule has 0 aromatic carbocycles. The van der Waals surface area contributed by atoms with Crippen molar-refractivity contribution in [1.29, 1.82) is 0 Å². The molecule has 1 atom stereocenters. The van der Waals surface area contributed by atoms with Crippen LogP contribution in [0.25, 0.3) is 0 Å². The van der Waals surface area contributed by atoms with E-state index in [1.807, 2.05) is 12.4 Å². The number of ether oxygens (including phenoxy) is 1. The normalized spacial score (nSPS) is 16.1. The Labute approximate surface area is 122 Å². The average Bonchev–Trinajstić information content (AvgIpc) is 3.31. The molecule has 4 nitrogen and oxygen atoms in total. The van der Waals surface area contributed by atoms with Crippen molar-refractivity contribution in [1.82, 2.24) is 10.3 Å². The van der Waals surface area contributed by atoms with Gasteiger partial charge in [-0.15, -0.1) is 0 Å². The van der Waals surface area contributed by atoms with E-state index in [1.165, 1.54) is 24.1 Å².